The molecule has 1 aromatic rings. The van der Waals surface area contributed by atoms with Crippen LogP contribution in [0, 0.1) is 5.92 Å². The van der Waals surface area contributed by atoms with Gasteiger partial charge in [0.2, 0.25) is 0 Å². The number of hydrogen-bond donors (Lipinski definition) is 2. The molecule has 0 saturated carbocycles. The monoisotopic (exact) mass is 256 g/mol. The average Bonchev–Trinajstić information content (AvgIpc) is 2.20. The molecule has 0 fully saturated rings. The predicted octanol–water partition coefficient (Wildman–Crippen LogP) is 2.27. The number of rotatable bonds is 6. The maximum Gasteiger partial charge on any atom is 0.0784 e. The highest BCUT2D eigenvalue weighted by Crippen LogP contribution is 2.19. The van der Waals surface area contributed by atoms with Crippen LogP contribution in [0.25, 0.3) is 0 Å². The van der Waals surface area contributed by atoms with Crippen molar-refractivity contribution in [3.05, 3.63) is 29.0 Å². The summed E-state index contributed by atoms with van der Waals surface area (Å²) in [7, 11) is 0. The average molecular weight is 257 g/mol. The van der Waals surface area contributed by atoms with E-state index in [1.807, 2.05) is 13.0 Å². The summed E-state index contributed by atoms with van der Waals surface area (Å²) in [5.74, 6) is 0.579. The molecule has 1 rings (SSSR count). The highest BCUT2D eigenvalue weighted by molar-refractivity contribution is 6.31. The number of nitrogens with zero attached hydrogens (tertiary/aromatic N) is 1. The van der Waals surface area contributed by atoms with Crippen LogP contribution in [0.3, 0.4) is 0 Å². The van der Waals surface area contributed by atoms with E-state index in [9.17, 15) is 5.11 Å². The van der Waals surface area contributed by atoms with Crippen molar-refractivity contribution in [3.63, 3.8) is 0 Å². The highest BCUT2D eigenvalue weighted by atomic mass is 35.5. The predicted molar refractivity (Wildman–Crippen MR) is 71.3 cm³/mol. The van der Waals surface area contributed by atoms with Crippen molar-refractivity contribution in [3.8, 4) is 0 Å². The first kappa shape index (κ1) is 14.4. The van der Waals surface area contributed by atoms with Crippen LogP contribution in [0.2, 0.25) is 5.02 Å². The second kappa shape index (κ2) is 6.34. The molecule has 0 aliphatic heterocycles. The number of hydrogen-bond acceptors (Lipinski definition) is 3. The van der Waals surface area contributed by atoms with Gasteiger partial charge in [0.15, 0.2) is 0 Å². The minimum absolute atomic E-state index is 0.527. The molecule has 0 aliphatic rings. The topological polar surface area (TPSA) is 45.1 Å². The first-order chi connectivity index (χ1) is 7.91. The van der Waals surface area contributed by atoms with Gasteiger partial charge in [0.05, 0.1) is 10.6 Å². The summed E-state index contributed by atoms with van der Waals surface area (Å²) in [4.78, 5) is 3.93. The van der Waals surface area contributed by atoms with Crippen LogP contribution < -0.4 is 5.32 Å². The third-order valence-corrected chi connectivity index (χ3v) is 2.83. The van der Waals surface area contributed by atoms with Crippen molar-refractivity contribution in [1.82, 2.24) is 10.3 Å². The lowest BCUT2D eigenvalue weighted by Crippen LogP contribution is -2.41. The summed E-state index contributed by atoms with van der Waals surface area (Å²) < 4.78 is 0. The molecule has 0 aromatic carbocycles. The number of pyridine rings is 1. The number of aliphatic hydroxyl groups is 1. The first-order valence-corrected chi connectivity index (χ1v) is 6.30. The van der Waals surface area contributed by atoms with Gasteiger partial charge in [-0.25, -0.2) is 0 Å². The molecule has 96 valence electrons. The van der Waals surface area contributed by atoms with Crippen LogP contribution in [0.4, 0.5) is 0 Å². The Morgan fingerprint density at radius 3 is 2.82 bits per heavy atom. The van der Waals surface area contributed by atoms with Gasteiger partial charge in [0.25, 0.3) is 0 Å². The van der Waals surface area contributed by atoms with Crippen LogP contribution in [0.5, 0.6) is 0 Å². The Bertz CT molecular complexity index is 353. The van der Waals surface area contributed by atoms with Crippen molar-refractivity contribution in [2.75, 3.05) is 13.1 Å². The van der Waals surface area contributed by atoms with Crippen molar-refractivity contribution < 1.29 is 5.11 Å². The molecule has 0 radical (unpaired) electrons. The van der Waals surface area contributed by atoms with Gasteiger partial charge in [0.1, 0.15) is 0 Å². The minimum atomic E-state index is -0.792. The van der Waals surface area contributed by atoms with E-state index < -0.39 is 5.60 Å². The van der Waals surface area contributed by atoms with Crippen LogP contribution in [-0.4, -0.2) is 28.8 Å². The van der Waals surface area contributed by atoms with Crippen molar-refractivity contribution in [2.24, 2.45) is 5.92 Å². The molecule has 1 unspecified atom stereocenters. The molecular formula is C13H21ClN2O. The Balaban J connectivity index is 2.51. The van der Waals surface area contributed by atoms with E-state index in [4.69, 9.17) is 11.6 Å². The lowest BCUT2D eigenvalue weighted by Gasteiger charge is -2.24. The van der Waals surface area contributed by atoms with Crippen molar-refractivity contribution in [1.29, 1.82) is 0 Å². The van der Waals surface area contributed by atoms with E-state index in [-0.39, 0.29) is 0 Å². The molecule has 0 amide bonds. The van der Waals surface area contributed by atoms with Gasteiger partial charge in [-0.15, -0.1) is 0 Å². The summed E-state index contributed by atoms with van der Waals surface area (Å²) in [5, 5.41) is 14.1. The van der Waals surface area contributed by atoms with E-state index >= 15 is 0 Å². The van der Waals surface area contributed by atoms with Crippen LogP contribution in [0.1, 0.15) is 26.3 Å². The fourth-order valence-electron chi connectivity index (χ4n) is 1.65. The second-order valence-corrected chi connectivity index (χ2v) is 5.57. The van der Waals surface area contributed by atoms with Crippen molar-refractivity contribution in [2.45, 2.75) is 32.8 Å². The fourth-order valence-corrected chi connectivity index (χ4v) is 1.84. The Morgan fingerprint density at radius 2 is 2.24 bits per heavy atom. The zero-order valence-electron chi connectivity index (χ0n) is 10.7. The Labute approximate surface area is 108 Å². The summed E-state index contributed by atoms with van der Waals surface area (Å²) in [6, 6.07) is 1.85. The smallest absolute Gasteiger partial charge is 0.0784 e. The highest BCUT2D eigenvalue weighted by Gasteiger charge is 2.21. The molecule has 1 atom stereocenters. The third-order valence-electron chi connectivity index (χ3n) is 2.49. The molecule has 4 heteroatoms. The lowest BCUT2D eigenvalue weighted by atomic mass is 9.97. The summed E-state index contributed by atoms with van der Waals surface area (Å²) >= 11 is 6.02. The first-order valence-electron chi connectivity index (χ1n) is 5.92. The van der Waals surface area contributed by atoms with Gasteiger partial charge in [-0.2, -0.15) is 0 Å². The quantitative estimate of drug-likeness (QED) is 0.821. The van der Waals surface area contributed by atoms with Gasteiger partial charge >= 0.3 is 0 Å². The van der Waals surface area contributed by atoms with E-state index in [2.05, 4.69) is 24.1 Å². The molecular weight excluding hydrogens is 236 g/mol. The zero-order valence-corrected chi connectivity index (χ0v) is 11.5. The van der Waals surface area contributed by atoms with E-state index in [0.29, 0.717) is 23.9 Å². The molecule has 0 spiro atoms. The van der Waals surface area contributed by atoms with Crippen molar-refractivity contribution >= 4 is 11.6 Å². The number of nitrogens with one attached hydrogen (secondary N) is 1. The number of halogens is 1. The molecule has 0 bridgehead atoms. The summed E-state index contributed by atoms with van der Waals surface area (Å²) in [6.07, 6.45) is 3.83. The van der Waals surface area contributed by atoms with Crippen LogP contribution >= 0.6 is 11.6 Å². The molecule has 1 aromatic heterocycles. The third kappa shape index (κ3) is 5.48. The van der Waals surface area contributed by atoms with Gasteiger partial charge in [-0.05, 0) is 31.0 Å². The Kier molecular flexibility index (Phi) is 5.37. The Morgan fingerprint density at radius 1 is 1.53 bits per heavy atom. The maximum atomic E-state index is 10.3. The molecule has 17 heavy (non-hydrogen) atoms. The molecule has 1 heterocycles. The van der Waals surface area contributed by atoms with Crippen LogP contribution in [-0.2, 0) is 6.42 Å². The second-order valence-electron chi connectivity index (χ2n) is 5.17. The van der Waals surface area contributed by atoms with Gasteiger partial charge in [-0.1, -0.05) is 25.4 Å². The van der Waals surface area contributed by atoms with E-state index in [0.717, 1.165) is 12.1 Å². The summed E-state index contributed by atoms with van der Waals surface area (Å²) in [5.41, 5.74) is 0.137. The minimum Gasteiger partial charge on any atom is -0.389 e. The molecule has 2 N–H and O–H groups in total. The standard InChI is InChI=1S/C13H21ClN2O/c1-10(2)7-16-9-13(3,17)6-11-4-5-15-8-12(11)14/h4-5,8,10,16-17H,6-7,9H2,1-3H3. The maximum absolute atomic E-state index is 10.3. The largest absolute Gasteiger partial charge is 0.389 e. The van der Waals surface area contributed by atoms with Crippen LogP contribution in [0.15, 0.2) is 18.5 Å². The SMILES string of the molecule is CC(C)CNCC(C)(O)Cc1ccncc1Cl. The van der Waals surface area contributed by atoms with E-state index in [1.54, 1.807) is 12.4 Å². The lowest BCUT2D eigenvalue weighted by molar-refractivity contribution is 0.0596. The van der Waals surface area contributed by atoms with Gasteiger partial charge < -0.3 is 10.4 Å². The Hall–Kier alpha value is -0.640. The molecule has 3 nitrogen and oxygen atoms in total. The fraction of sp³-hybridized carbons (Fsp3) is 0.615. The zero-order chi connectivity index (χ0) is 12.9. The van der Waals surface area contributed by atoms with Gasteiger partial charge in [0, 0.05) is 25.4 Å². The summed E-state index contributed by atoms with van der Waals surface area (Å²) in [6.45, 7) is 7.56. The number of aromatic nitrogens is 1. The molecule has 0 saturated heterocycles. The molecule has 0 aliphatic carbocycles. The van der Waals surface area contributed by atoms with Gasteiger partial charge in [-0.3, -0.25) is 4.98 Å². The normalized spacial score (nSPS) is 14.9. The van der Waals surface area contributed by atoms with E-state index in [1.165, 1.54) is 0 Å².